The van der Waals surface area contributed by atoms with E-state index >= 15 is 0 Å². The number of aliphatic hydroxyl groups excluding tert-OH is 1. The number of likely N-dealkylation sites (N-methyl/N-ethyl adjacent to an activating group) is 2. The SMILES string of the molecule is CN(C)CCN.CN(C)CCNC(=O)OCc1ccc(C#CC#CC#CC#Cc2ccccc2)cc1.O=C(n1ccnc1)n1ccnc1.OCc1ccc(C#CC#CC#CC#Cc2ccccc2)cc1. The smallest absolute Gasteiger partial charge is 0.407 e. The number of alkyl carbamates (subject to hydrolysis) is 1. The van der Waals surface area contributed by atoms with E-state index in [9.17, 15) is 9.59 Å². The number of carbonyl (C=O) groups is 2. The molecule has 0 aliphatic carbocycles. The highest BCUT2D eigenvalue weighted by Crippen LogP contribution is 2.05. The molecule has 70 heavy (non-hydrogen) atoms. The van der Waals surface area contributed by atoms with Gasteiger partial charge in [0.15, 0.2) is 0 Å². The number of hydrogen-bond acceptors (Lipinski definition) is 9. The lowest BCUT2D eigenvalue weighted by Gasteiger charge is -2.10. The molecule has 2 aromatic heterocycles. The molecular formula is C58H52N8O4. The quantitative estimate of drug-likeness (QED) is 0.167. The van der Waals surface area contributed by atoms with Gasteiger partial charge in [-0.15, -0.1) is 0 Å². The van der Waals surface area contributed by atoms with Crippen molar-refractivity contribution in [2.75, 3.05) is 54.4 Å². The van der Waals surface area contributed by atoms with E-state index < -0.39 is 6.09 Å². The van der Waals surface area contributed by atoms with Crippen molar-refractivity contribution in [3.63, 3.8) is 0 Å². The van der Waals surface area contributed by atoms with Crippen LogP contribution < -0.4 is 11.1 Å². The van der Waals surface area contributed by atoms with Gasteiger partial charge in [-0.1, -0.05) is 84.3 Å². The molecule has 0 bridgehead atoms. The van der Waals surface area contributed by atoms with E-state index in [0.717, 1.165) is 53.0 Å². The van der Waals surface area contributed by atoms with Crippen molar-refractivity contribution in [2.45, 2.75) is 13.2 Å². The van der Waals surface area contributed by atoms with Crippen LogP contribution in [-0.2, 0) is 18.0 Å². The van der Waals surface area contributed by atoms with E-state index in [2.05, 4.69) is 115 Å². The second-order valence-electron chi connectivity index (χ2n) is 14.4. The molecule has 0 saturated carbocycles. The summed E-state index contributed by atoms with van der Waals surface area (Å²) in [5, 5.41) is 11.6. The van der Waals surface area contributed by atoms with Crippen molar-refractivity contribution >= 4 is 12.1 Å². The van der Waals surface area contributed by atoms with E-state index in [1.165, 1.54) is 21.8 Å². The van der Waals surface area contributed by atoms with Crippen LogP contribution in [0.1, 0.15) is 33.4 Å². The van der Waals surface area contributed by atoms with Gasteiger partial charge < -0.3 is 30.7 Å². The Bertz CT molecular complexity index is 2980. The van der Waals surface area contributed by atoms with Gasteiger partial charge in [0.25, 0.3) is 0 Å². The molecule has 2 heterocycles. The van der Waals surface area contributed by atoms with Gasteiger partial charge >= 0.3 is 12.1 Å². The summed E-state index contributed by atoms with van der Waals surface area (Å²) in [7, 11) is 7.90. The fraction of sp³-hybridized carbons (Fsp3) is 0.172. The normalized spacial score (nSPS) is 8.80. The molecule has 348 valence electrons. The molecule has 6 rings (SSSR count). The Kier molecular flexibility index (Phi) is 27.3. The molecule has 0 unspecified atom stereocenters. The zero-order valence-electron chi connectivity index (χ0n) is 39.5. The van der Waals surface area contributed by atoms with Gasteiger partial charge in [0.05, 0.1) is 6.61 Å². The number of aromatic nitrogens is 4. The van der Waals surface area contributed by atoms with E-state index in [0.29, 0.717) is 6.54 Å². The number of carbonyl (C=O) groups excluding carboxylic acids is 2. The zero-order valence-corrected chi connectivity index (χ0v) is 39.5. The first-order valence-corrected chi connectivity index (χ1v) is 21.5. The molecule has 4 aromatic carbocycles. The number of imidazole rings is 2. The lowest BCUT2D eigenvalue weighted by Crippen LogP contribution is -2.31. The minimum absolute atomic E-state index is 0.0348. The Morgan fingerprint density at radius 1 is 0.557 bits per heavy atom. The van der Waals surface area contributed by atoms with E-state index in [1.54, 1.807) is 24.8 Å². The number of nitrogens with one attached hydrogen (secondary N) is 1. The molecule has 0 aliphatic heterocycles. The maximum absolute atomic E-state index is 11.6. The highest BCUT2D eigenvalue weighted by atomic mass is 16.5. The number of nitrogens with zero attached hydrogens (tertiary/aromatic N) is 6. The zero-order chi connectivity index (χ0) is 50.3. The molecule has 0 saturated heterocycles. The van der Waals surface area contributed by atoms with Gasteiger partial charge in [-0.3, -0.25) is 9.13 Å². The summed E-state index contributed by atoms with van der Waals surface area (Å²) < 4.78 is 7.92. The first kappa shape index (κ1) is 54.9. The Labute approximate surface area is 412 Å². The molecule has 1 amide bonds. The van der Waals surface area contributed by atoms with Gasteiger partial charge in [-0.05, 0) is 159 Å². The second kappa shape index (κ2) is 34.8. The van der Waals surface area contributed by atoms with Gasteiger partial charge in [0.2, 0.25) is 0 Å². The maximum Gasteiger partial charge on any atom is 0.407 e. The summed E-state index contributed by atoms with van der Waals surface area (Å²) in [4.78, 5) is 34.6. The van der Waals surface area contributed by atoms with Gasteiger partial charge in [0.1, 0.15) is 19.3 Å². The van der Waals surface area contributed by atoms with Crippen LogP contribution in [0.3, 0.4) is 0 Å². The molecule has 0 spiro atoms. The molecular weight excluding hydrogens is 873 g/mol. The predicted molar refractivity (Wildman–Crippen MR) is 275 cm³/mol. The molecule has 4 N–H and O–H groups in total. The van der Waals surface area contributed by atoms with Crippen molar-refractivity contribution in [2.24, 2.45) is 5.73 Å². The van der Waals surface area contributed by atoms with Crippen molar-refractivity contribution in [1.82, 2.24) is 34.2 Å². The highest BCUT2D eigenvalue weighted by Gasteiger charge is 2.04. The number of rotatable bonds is 8. The Hall–Kier alpha value is -9.44. The Morgan fingerprint density at radius 3 is 1.29 bits per heavy atom. The molecule has 0 radical (unpaired) electrons. The summed E-state index contributed by atoms with van der Waals surface area (Å²) in [6.45, 7) is 3.30. The van der Waals surface area contributed by atoms with Crippen LogP contribution in [0.5, 0.6) is 0 Å². The summed E-state index contributed by atoms with van der Waals surface area (Å²) in [5.74, 6) is 43.9. The number of hydrogen-bond donors (Lipinski definition) is 3. The maximum atomic E-state index is 11.6. The minimum atomic E-state index is -0.425. The van der Waals surface area contributed by atoms with Crippen LogP contribution in [0.2, 0.25) is 0 Å². The largest absolute Gasteiger partial charge is 0.445 e. The first-order chi connectivity index (χ1) is 34.2. The number of ether oxygens (including phenoxy) is 1. The fourth-order valence-corrected chi connectivity index (χ4v) is 4.80. The number of amides is 1. The Balaban J connectivity index is 0.000000280. The lowest BCUT2D eigenvalue weighted by atomic mass is 10.1. The van der Waals surface area contributed by atoms with Gasteiger partial charge in [-0.25, -0.2) is 19.6 Å². The van der Waals surface area contributed by atoms with E-state index in [-0.39, 0.29) is 19.2 Å². The highest BCUT2D eigenvalue weighted by molar-refractivity contribution is 5.78. The third-order valence-corrected chi connectivity index (χ3v) is 8.32. The van der Waals surface area contributed by atoms with Crippen molar-refractivity contribution in [3.8, 4) is 94.7 Å². The van der Waals surface area contributed by atoms with Crippen molar-refractivity contribution in [1.29, 1.82) is 0 Å². The molecule has 12 heteroatoms. The van der Waals surface area contributed by atoms with Gasteiger partial charge in [-0.2, -0.15) is 0 Å². The average Bonchev–Trinajstić information content (AvgIpc) is 4.13. The van der Waals surface area contributed by atoms with Crippen LogP contribution in [0.25, 0.3) is 0 Å². The third kappa shape index (κ3) is 25.9. The van der Waals surface area contributed by atoms with Gasteiger partial charge in [0, 0.05) is 73.2 Å². The lowest BCUT2D eigenvalue weighted by molar-refractivity contribution is 0.139. The van der Waals surface area contributed by atoms with Crippen molar-refractivity contribution in [3.05, 3.63) is 180 Å². The summed E-state index contributed by atoms with van der Waals surface area (Å²) in [5.41, 5.74) is 10.4. The average molecular weight is 925 g/mol. The van der Waals surface area contributed by atoms with Crippen LogP contribution in [0.15, 0.2) is 147 Å². The number of aliphatic hydroxyl groups is 1. The van der Waals surface area contributed by atoms with E-state index in [1.807, 2.05) is 142 Å². The topological polar surface area (TPSA) is 144 Å². The van der Waals surface area contributed by atoms with Crippen molar-refractivity contribution < 1.29 is 19.4 Å². The van der Waals surface area contributed by atoms with Crippen LogP contribution in [-0.4, -0.2) is 101 Å². The molecule has 0 fully saturated rings. The first-order valence-electron chi connectivity index (χ1n) is 21.5. The summed E-state index contributed by atoms with van der Waals surface area (Å²) >= 11 is 0. The van der Waals surface area contributed by atoms with E-state index in [4.69, 9.17) is 15.6 Å². The Morgan fingerprint density at radius 2 is 0.943 bits per heavy atom. The van der Waals surface area contributed by atoms with Crippen LogP contribution >= 0.6 is 0 Å². The molecule has 12 nitrogen and oxygen atoms in total. The third-order valence-electron chi connectivity index (χ3n) is 8.32. The summed E-state index contributed by atoms with van der Waals surface area (Å²) in [6, 6.07) is 33.9. The summed E-state index contributed by atoms with van der Waals surface area (Å²) in [6.07, 6.45) is 8.74. The molecule has 0 aliphatic rings. The predicted octanol–water partition coefficient (Wildman–Crippen LogP) is 5.58. The monoisotopic (exact) mass is 924 g/mol. The molecule has 6 aromatic rings. The second-order valence-corrected chi connectivity index (χ2v) is 14.4. The van der Waals surface area contributed by atoms with Crippen LogP contribution in [0.4, 0.5) is 9.59 Å². The van der Waals surface area contributed by atoms with Crippen LogP contribution in [0, 0.1) is 94.7 Å². The standard InChI is InChI=1S/C26H22N2O2.C21H12O.C7H6N4O.C4H12N2/c1-28(2)21-20-27-26(29)30-22-25-18-16-24(17-19-25)15-9-6-4-3-5-8-12-23-13-10-7-11-14-23;22-18-21-16-14-20(15-17-21)13-7-4-2-1-3-6-10-19-11-8-5-9-12-19;12-7(10-3-1-8-5-10)11-4-2-9-6-11;1-6(2)4-3-5/h7,10-11,13-14,16-19H,20-22H2,1-2H3,(H,27,29);5,8-9,11-12,14-17,22H,18H2;1-6H;3-5H2,1-2H3. The fourth-order valence-electron chi connectivity index (χ4n) is 4.80. The molecule has 0 atom stereocenters. The number of benzene rings is 4. The minimum Gasteiger partial charge on any atom is -0.445 e. The number of nitrogens with two attached hydrogens (primary N) is 1.